The molecular formula is C23H26FN3O2. The second-order valence-corrected chi connectivity index (χ2v) is 7.52. The van der Waals surface area contributed by atoms with Crippen LogP contribution in [0.5, 0.6) is 5.75 Å². The van der Waals surface area contributed by atoms with Gasteiger partial charge in [-0.15, -0.1) is 0 Å². The zero-order chi connectivity index (χ0) is 21.2. The van der Waals surface area contributed by atoms with Gasteiger partial charge in [0.05, 0.1) is 24.4 Å². The number of benzene rings is 2. The number of anilines is 1. The molecule has 29 heavy (non-hydrogen) atoms. The van der Waals surface area contributed by atoms with Crippen LogP contribution in [-0.4, -0.2) is 31.3 Å². The minimum absolute atomic E-state index is 0.0540. The highest BCUT2D eigenvalue weighted by molar-refractivity contribution is 5.96. The lowest BCUT2D eigenvalue weighted by Gasteiger charge is -2.43. The first-order valence-electron chi connectivity index (χ1n) is 9.56. The summed E-state index contributed by atoms with van der Waals surface area (Å²) in [6.07, 6.45) is 3.76. The highest BCUT2D eigenvalue weighted by Gasteiger charge is 2.31. The Kier molecular flexibility index (Phi) is 5.73. The summed E-state index contributed by atoms with van der Waals surface area (Å²) in [6, 6.07) is 9.78. The van der Waals surface area contributed by atoms with E-state index in [0.717, 1.165) is 23.4 Å². The van der Waals surface area contributed by atoms with Crippen LogP contribution >= 0.6 is 0 Å². The number of nitrogens with one attached hydrogen (secondary N) is 1. The topological polar surface area (TPSA) is 53.9 Å². The molecule has 1 aliphatic heterocycles. The smallest absolute Gasteiger partial charge is 0.274 e. The Balaban J connectivity index is 1.91. The molecule has 0 unspecified atom stereocenters. The molecule has 0 spiro atoms. The van der Waals surface area contributed by atoms with E-state index in [2.05, 4.69) is 49.2 Å². The average molecular weight is 395 g/mol. The first-order chi connectivity index (χ1) is 13.8. The van der Waals surface area contributed by atoms with Crippen molar-refractivity contribution in [2.24, 2.45) is 5.10 Å². The van der Waals surface area contributed by atoms with E-state index >= 15 is 0 Å². The Labute approximate surface area is 170 Å². The van der Waals surface area contributed by atoms with E-state index in [1.807, 2.05) is 12.1 Å². The molecule has 0 saturated carbocycles. The number of hydrazone groups is 1. The van der Waals surface area contributed by atoms with Gasteiger partial charge in [0.1, 0.15) is 11.6 Å². The van der Waals surface area contributed by atoms with E-state index in [-0.39, 0.29) is 11.1 Å². The summed E-state index contributed by atoms with van der Waals surface area (Å²) in [5.41, 5.74) is 6.31. The van der Waals surface area contributed by atoms with E-state index < -0.39 is 11.7 Å². The molecule has 1 aliphatic rings. The fourth-order valence-electron chi connectivity index (χ4n) is 3.84. The number of rotatable bonds is 5. The highest BCUT2D eigenvalue weighted by atomic mass is 19.1. The Morgan fingerprint density at radius 3 is 2.69 bits per heavy atom. The largest absolute Gasteiger partial charge is 0.496 e. The van der Waals surface area contributed by atoms with E-state index in [9.17, 15) is 9.18 Å². The minimum atomic E-state index is -0.605. The molecule has 152 valence electrons. The standard InChI is InChI=1S/C23H26FN3O2/c1-6-27-20-12-21(29-5)16(11-18(20)15(2)13-23(27,3)4)14-25-26-22(28)17-9-7-8-10-19(17)24/h7-14H,6H2,1-5H3,(H,26,28)/b25-14-. The Hall–Kier alpha value is -3.15. The normalized spacial score (nSPS) is 15.1. The maximum atomic E-state index is 13.7. The molecule has 6 heteroatoms. The molecule has 2 aromatic carbocycles. The molecule has 0 aliphatic carbocycles. The maximum Gasteiger partial charge on any atom is 0.274 e. The van der Waals surface area contributed by atoms with E-state index in [1.165, 1.54) is 30.0 Å². The Morgan fingerprint density at radius 1 is 1.31 bits per heavy atom. The molecule has 0 atom stereocenters. The number of fused-ring (bicyclic) bond motifs is 1. The molecule has 5 nitrogen and oxygen atoms in total. The van der Waals surface area contributed by atoms with Gasteiger partial charge in [-0.1, -0.05) is 18.2 Å². The maximum absolute atomic E-state index is 13.7. The summed E-state index contributed by atoms with van der Waals surface area (Å²) in [6.45, 7) is 9.44. The lowest BCUT2D eigenvalue weighted by molar-refractivity contribution is 0.0951. The SMILES string of the molecule is CCN1c2cc(OC)c(/C=N\NC(=O)c3ccccc3F)cc2C(C)=CC1(C)C. The van der Waals surface area contributed by atoms with Crippen molar-refractivity contribution in [2.75, 3.05) is 18.6 Å². The third kappa shape index (κ3) is 4.01. The lowest BCUT2D eigenvalue weighted by Crippen LogP contribution is -2.44. The Bertz CT molecular complexity index is 996. The van der Waals surface area contributed by atoms with Crippen molar-refractivity contribution in [2.45, 2.75) is 33.2 Å². The van der Waals surface area contributed by atoms with Gasteiger partial charge < -0.3 is 9.64 Å². The Morgan fingerprint density at radius 2 is 2.03 bits per heavy atom. The number of nitrogens with zero attached hydrogens (tertiary/aromatic N) is 2. The number of carbonyl (C=O) groups is 1. The lowest BCUT2D eigenvalue weighted by atomic mass is 9.88. The number of carbonyl (C=O) groups excluding carboxylic acids is 1. The van der Waals surface area contributed by atoms with Crippen LogP contribution in [0, 0.1) is 5.82 Å². The summed E-state index contributed by atoms with van der Waals surface area (Å²) in [5.74, 6) is -0.544. The average Bonchev–Trinajstić information content (AvgIpc) is 2.67. The van der Waals surface area contributed by atoms with Gasteiger partial charge in [0.15, 0.2) is 0 Å². The third-order valence-corrected chi connectivity index (χ3v) is 5.13. The van der Waals surface area contributed by atoms with Gasteiger partial charge >= 0.3 is 0 Å². The number of amides is 1. The van der Waals surface area contributed by atoms with Crippen LogP contribution in [-0.2, 0) is 0 Å². The summed E-state index contributed by atoms with van der Waals surface area (Å²) in [7, 11) is 1.60. The van der Waals surface area contributed by atoms with Crippen molar-refractivity contribution < 1.29 is 13.9 Å². The van der Waals surface area contributed by atoms with Crippen LogP contribution in [0.4, 0.5) is 10.1 Å². The number of likely N-dealkylation sites (N-methyl/N-ethyl adjacent to an activating group) is 1. The summed E-state index contributed by atoms with van der Waals surface area (Å²) in [4.78, 5) is 14.5. The number of allylic oxidation sites excluding steroid dienone is 1. The molecule has 2 aromatic rings. The minimum Gasteiger partial charge on any atom is -0.496 e. The van der Waals surface area contributed by atoms with E-state index in [1.54, 1.807) is 13.2 Å². The van der Waals surface area contributed by atoms with E-state index in [0.29, 0.717) is 5.75 Å². The van der Waals surface area contributed by atoms with Crippen LogP contribution < -0.4 is 15.1 Å². The van der Waals surface area contributed by atoms with Gasteiger partial charge in [0.2, 0.25) is 0 Å². The quantitative estimate of drug-likeness (QED) is 0.594. The summed E-state index contributed by atoms with van der Waals surface area (Å²) in [5, 5.41) is 4.01. The van der Waals surface area contributed by atoms with Gasteiger partial charge in [-0.05, 0) is 51.5 Å². The number of hydrogen-bond acceptors (Lipinski definition) is 4. The number of methoxy groups -OCH3 is 1. The van der Waals surface area contributed by atoms with Crippen LogP contribution in [0.3, 0.4) is 0 Å². The van der Waals surface area contributed by atoms with Crippen molar-refractivity contribution in [1.29, 1.82) is 0 Å². The van der Waals surface area contributed by atoms with E-state index in [4.69, 9.17) is 4.74 Å². The molecule has 3 rings (SSSR count). The highest BCUT2D eigenvalue weighted by Crippen LogP contribution is 2.41. The molecule has 1 amide bonds. The predicted molar refractivity (Wildman–Crippen MR) is 115 cm³/mol. The van der Waals surface area contributed by atoms with Crippen molar-refractivity contribution in [3.05, 3.63) is 65.0 Å². The van der Waals surface area contributed by atoms with Crippen LogP contribution in [0.2, 0.25) is 0 Å². The molecular weight excluding hydrogens is 369 g/mol. The molecule has 0 aromatic heterocycles. The van der Waals surface area contributed by atoms with Crippen molar-refractivity contribution in [1.82, 2.24) is 5.43 Å². The van der Waals surface area contributed by atoms with Crippen molar-refractivity contribution in [3.63, 3.8) is 0 Å². The first-order valence-corrected chi connectivity index (χ1v) is 9.56. The van der Waals surface area contributed by atoms with Crippen molar-refractivity contribution >= 4 is 23.4 Å². The number of halogens is 1. The van der Waals surface area contributed by atoms with Gasteiger partial charge in [0.25, 0.3) is 5.91 Å². The van der Waals surface area contributed by atoms with Gasteiger partial charge in [-0.25, -0.2) is 9.82 Å². The second kappa shape index (κ2) is 8.07. The van der Waals surface area contributed by atoms with Crippen molar-refractivity contribution in [3.8, 4) is 5.75 Å². The summed E-state index contributed by atoms with van der Waals surface area (Å²) < 4.78 is 19.3. The molecule has 1 N–H and O–H groups in total. The molecule has 1 heterocycles. The zero-order valence-corrected chi connectivity index (χ0v) is 17.4. The second-order valence-electron chi connectivity index (χ2n) is 7.52. The molecule has 0 bridgehead atoms. The third-order valence-electron chi connectivity index (χ3n) is 5.13. The summed E-state index contributed by atoms with van der Waals surface area (Å²) >= 11 is 0. The van der Waals surface area contributed by atoms with Gasteiger partial charge in [-0.2, -0.15) is 5.10 Å². The zero-order valence-electron chi connectivity index (χ0n) is 17.4. The molecule has 0 saturated heterocycles. The van der Waals surface area contributed by atoms with Gasteiger partial charge in [-0.3, -0.25) is 4.79 Å². The number of ether oxygens (including phenoxy) is 1. The van der Waals surface area contributed by atoms with Crippen LogP contribution in [0.25, 0.3) is 5.57 Å². The van der Waals surface area contributed by atoms with Crippen LogP contribution in [0.1, 0.15) is 49.2 Å². The fourth-order valence-corrected chi connectivity index (χ4v) is 3.84. The molecule has 0 fully saturated rings. The first kappa shape index (κ1) is 20.6. The molecule has 0 radical (unpaired) electrons. The number of hydrogen-bond donors (Lipinski definition) is 1. The predicted octanol–water partition coefficient (Wildman–Crippen LogP) is 4.62. The fraction of sp³-hybridized carbons (Fsp3) is 0.304. The van der Waals surface area contributed by atoms with Crippen LogP contribution in [0.15, 0.2) is 47.6 Å². The monoisotopic (exact) mass is 395 g/mol. The van der Waals surface area contributed by atoms with Gasteiger partial charge in [0, 0.05) is 29.4 Å².